The molecule has 0 saturated heterocycles. The maximum Gasteiger partial charge on any atom is 0.350 e. The summed E-state index contributed by atoms with van der Waals surface area (Å²) in [5, 5.41) is 7.39. The predicted molar refractivity (Wildman–Crippen MR) is 121 cm³/mol. The number of aliphatic imine (C=N–C) groups is 1. The summed E-state index contributed by atoms with van der Waals surface area (Å²) in [6.07, 6.45) is 0.908. The molecule has 1 atom stereocenters. The van der Waals surface area contributed by atoms with Crippen LogP contribution in [-0.4, -0.2) is 50.3 Å². The highest BCUT2D eigenvalue weighted by Crippen LogP contribution is 2.24. The quantitative estimate of drug-likeness (QED) is 0.164. The van der Waals surface area contributed by atoms with E-state index in [4.69, 9.17) is 9.47 Å². The van der Waals surface area contributed by atoms with Crippen LogP contribution in [0.1, 0.15) is 60.5 Å². The van der Waals surface area contributed by atoms with Gasteiger partial charge in [-0.3, -0.25) is 4.99 Å². The van der Waals surface area contributed by atoms with E-state index in [1.807, 2.05) is 13.8 Å². The number of carbonyl (C=O) groups excluding carboxylic acids is 1. The number of nitrogens with zero attached hydrogens (tertiary/aromatic N) is 2. The second-order valence-electron chi connectivity index (χ2n) is 6.37. The number of esters is 1. The van der Waals surface area contributed by atoms with E-state index in [0.717, 1.165) is 31.2 Å². The van der Waals surface area contributed by atoms with Crippen molar-refractivity contribution in [2.24, 2.45) is 10.9 Å². The van der Waals surface area contributed by atoms with Crippen LogP contribution in [0, 0.1) is 12.8 Å². The lowest BCUT2D eigenvalue weighted by molar-refractivity contribution is 0.0531. The third-order valence-electron chi connectivity index (χ3n) is 3.43. The highest BCUT2D eigenvalue weighted by atomic mass is 127. The number of ether oxygens (including phenoxy) is 2. The van der Waals surface area contributed by atoms with Crippen molar-refractivity contribution in [1.29, 1.82) is 0 Å². The molecular formula is C18H33IN4O3S. The van der Waals surface area contributed by atoms with Crippen molar-refractivity contribution in [1.82, 2.24) is 15.6 Å². The van der Waals surface area contributed by atoms with Crippen molar-refractivity contribution in [3.8, 4) is 0 Å². The van der Waals surface area contributed by atoms with Crippen LogP contribution in [-0.2, 0) is 9.47 Å². The second kappa shape index (κ2) is 14.1. The van der Waals surface area contributed by atoms with Gasteiger partial charge in [-0.15, -0.1) is 35.3 Å². The summed E-state index contributed by atoms with van der Waals surface area (Å²) in [6, 6.07) is -0.0646. The SMILES string of the molecule is CCOC(=O)c1sc(C(C)NC(=NC)NCCCOCC(C)C)nc1C.I. The van der Waals surface area contributed by atoms with Crippen LogP contribution in [0.3, 0.4) is 0 Å². The molecule has 156 valence electrons. The van der Waals surface area contributed by atoms with Gasteiger partial charge in [-0.2, -0.15) is 0 Å². The number of aromatic nitrogens is 1. The molecule has 1 aromatic heterocycles. The Labute approximate surface area is 183 Å². The normalized spacial score (nSPS) is 12.5. The van der Waals surface area contributed by atoms with Crippen molar-refractivity contribution >= 4 is 47.2 Å². The first-order valence-electron chi connectivity index (χ1n) is 9.08. The van der Waals surface area contributed by atoms with E-state index in [9.17, 15) is 4.79 Å². The lowest BCUT2D eigenvalue weighted by Crippen LogP contribution is -2.39. The lowest BCUT2D eigenvalue weighted by atomic mass is 10.2. The van der Waals surface area contributed by atoms with Crippen molar-refractivity contribution in [3.05, 3.63) is 15.6 Å². The summed E-state index contributed by atoms with van der Waals surface area (Å²) in [6.45, 7) is 12.5. The van der Waals surface area contributed by atoms with Gasteiger partial charge in [-0.25, -0.2) is 9.78 Å². The molecule has 0 aliphatic heterocycles. The van der Waals surface area contributed by atoms with Gasteiger partial charge in [0.25, 0.3) is 0 Å². The molecule has 1 rings (SSSR count). The molecule has 0 spiro atoms. The zero-order chi connectivity index (χ0) is 19.5. The van der Waals surface area contributed by atoms with Gasteiger partial charge < -0.3 is 20.1 Å². The number of halogens is 1. The van der Waals surface area contributed by atoms with Crippen LogP contribution in [0.4, 0.5) is 0 Å². The molecule has 0 radical (unpaired) electrons. The summed E-state index contributed by atoms with van der Waals surface area (Å²) in [5.74, 6) is 0.941. The third-order valence-corrected chi connectivity index (χ3v) is 4.75. The van der Waals surface area contributed by atoms with Crippen LogP contribution in [0.2, 0.25) is 0 Å². The standard InChI is InChI=1S/C18H32N4O3S.HI/c1-7-25-17(23)15-13(4)21-16(26-15)14(5)22-18(19-6)20-9-8-10-24-11-12(2)3;/h12,14H,7-11H2,1-6H3,(H2,19,20,22);1H. The molecule has 0 aliphatic carbocycles. The van der Waals surface area contributed by atoms with Crippen molar-refractivity contribution in [3.63, 3.8) is 0 Å². The summed E-state index contributed by atoms with van der Waals surface area (Å²) < 4.78 is 10.6. The van der Waals surface area contributed by atoms with Crippen LogP contribution < -0.4 is 10.6 Å². The second-order valence-corrected chi connectivity index (χ2v) is 7.41. The summed E-state index contributed by atoms with van der Waals surface area (Å²) in [4.78, 5) is 21.2. The predicted octanol–water partition coefficient (Wildman–Crippen LogP) is 3.53. The average molecular weight is 512 g/mol. The third kappa shape index (κ3) is 9.70. The minimum absolute atomic E-state index is 0. The molecular weight excluding hydrogens is 479 g/mol. The molecule has 1 unspecified atom stereocenters. The van der Waals surface area contributed by atoms with Crippen molar-refractivity contribution in [2.75, 3.05) is 33.4 Å². The maximum atomic E-state index is 11.9. The zero-order valence-electron chi connectivity index (χ0n) is 17.1. The van der Waals surface area contributed by atoms with Gasteiger partial charge in [0.1, 0.15) is 9.88 Å². The molecule has 7 nitrogen and oxygen atoms in total. The highest BCUT2D eigenvalue weighted by Gasteiger charge is 2.20. The zero-order valence-corrected chi connectivity index (χ0v) is 20.3. The van der Waals surface area contributed by atoms with Crippen molar-refractivity contribution in [2.45, 2.75) is 47.1 Å². The summed E-state index contributed by atoms with van der Waals surface area (Å²) >= 11 is 1.35. The molecule has 0 fully saturated rings. The number of hydrogen-bond acceptors (Lipinski definition) is 6. The van der Waals surface area contributed by atoms with E-state index >= 15 is 0 Å². The Hall–Kier alpha value is -0.940. The number of thiazole rings is 1. The van der Waals surface area contributed by atoms with Crippen LogP contribution >= 0.6 is 35.3 Å². The minimum atomic E-state index is -0.315. The van der Waals surface area contributed by atoms with E-state index in [1.54, 1.807) is 14.0 Å². The monoisotopic (exact) mass is 512 g/mol. The van der Waals surface area contributed by atoms with E-state index in [-0.39, 0.29) is 36.0 Å². The number of rotatable bonds is 10. The molecule has 0 saturated carbocycles. The van der Waals surface area contributed by atoms with Crippen LogP contribution in [0.25, 0.3) is 0 Å². The fraction of sp³-hybridized carbons (Fsp3) is 0.722. The Morgan fingerprint density at radius 2 is 2.04 bits per heavy atom. The summed E-state index contributed by atoms with van der Waals surface area (Å²) in [7, 11) is 1.73. The van der Waals surface area contributed by atoms with Gasteiger partial charge in [0.05, 0.1) is 18.3 Å². The molecule has 0 amide bonds. The first-order valence-corrected chi connectivity index (χ1v) is 9.90. The molecule has 0 aromatic carbocycles. The van der Waals surface area contributed by atoms with E-state index in [0.29, 0.717) is 29.1 Å². The van der Waals surface area contributed by atoms with E-state index < -0.39 is 0 Å². The molecule has 1 aromatic rings. The van der Waals surface area contributed by atoms with E-state index in [2.05, 4.69) is 34.5 Å². The average Bonchev–Trinajstić information content (AvgIpc) is 2.98. The fourth-order valence-corrected chi connectivity index (χ4v) is 3.11. The Morgan fingerprint density at radius 1 is 1.33 bits per heavy atom. The fourth-order valence-electron chi connectivity index (χ4n) is 2.15. The van der Waals surface area contributed by atoms with Crippen LogP contribution in [0.5, 0.6) is 0 Å². The highest BCUT2D eigenvalue weighted by molar-refractivity contribution is 14.0. The number of guanidine groups is 1. The molecule has 9 heteroatoms. The topological polar surface area (TPSA) is 84.8 Å². The number of aryl methyl sites for hydroxylation is 1. The molecule has 0 bridgehead atoms. The number of carbonyl (C=O) groups is 1. The molecule has 1 heterocycles. The van der Waals surface area contributed by atoms with Crippen molar-refractivity contribution < 1.29 is 14.3 Å². The smallest absolute Gasteiger partial charge is 0.350 e. The Morgan fingerprint density at radius 3 is 2.63 bits per heavy atom. The summed E-state index contributed by atoms with van der Waals surface area (Å²) in [5.41, 5.74) is 0.697. The van der Waals surface area contributed by atoms with Gasteiger partial charge in [0, 0.05) is 26.8 Å². The molecule has 27 heavy (non-hydrogen) atoms. The minimum Gasteiger partial charge on any atom is -0.462 e. The van der Waals surface area contributed by atoms with Gasteiger partial charge in [0.15, 0.2) is 5.96 Å². The van der Waals surface area contributed by atoms with Gasteiger partial charge in [-0.05, 0) is 33.1 Å². The van der Waals surface area contributed by atoms with Crippen LogP contribution in [0.15, 0.2) is 4.99 Å². The van der Waals surface area contributed by atoms with Gasteiger partial charge in [0.2, 0.25) is 0 Å². The Balaban J connectivity index is 0.00000676. The van der Waals surface area contributed by atoms with Gasteiger partial charge in [-0.1, -0.05) is 13.8 Å². The maximum absolute atomic E-state index is 11.9. The molecule has 0 aliphatic rings. The van der Waals surface area contributed by atoms with E-state index in [1.165, 1.54) is 11.3 Å². The van der Waals surface area contributed by atoms with Gasteiger partial charge >= 0.3 is 5.97 Å². The Kier molecular flexibility index (Phi) is 13.6. The number of hydrogen-bond donors (Lipinski definition) is 2. The number of nitrogens with one attached hydrogen (secondary N) is 2. The molecule has 2 N–H and O–H groups in total. The Bertz CT molecular complexity index is 593. The first kappa shape index (κ1) is 26.1. The largest absolute Gasteiger partial charge is 0.462 e. The first-order chi connectivity index (χ1) is 12.4. The lowest BCUT2D eigenvalue weighted by Gasteiger charge is -2.16.